The van der Waals surface area contributed by atoms with Crippen LogP contribution in [0.1, 0.15) is 84.5 Å². The molecule has 0 fully saturated rings. The highest BCUT2D eigenvalue weighted by Crippen LogP contribution is 2.19. The highest BCUT2D eigenvalue weighted by atomic mass is 127. The summed E-state index contributed by atoms with van der Waals surface area (Å²) >= 11 is 2.61. The Kier molecular flexibility index (Phi) is 12.9. The van der Waals surface area contributed by atoms with Gasteiger partial charge < -0.3 is 4.48 Å². The molecule has 19 heavy (non-hydrogen) atoms. The van der Waals surface area contributed by atoms with Crippen LogP contribution < -0.4 is 0 Å². The van der Waals surface area contributed by atoms with Gasteiger partial charge in [0, 0.05) is 6.42 Å². The van der Waals surface area contributed by atoms with Gasteiger partial charge in [-0.15, -0.1) is 0 Å². The normalized spacial score (nSPS) is 13.7. The highest BCUT2D eigenvalue weighted by molar-refractivity contribution is 14.1. The van der Waals surface area contributed by atoms with Crippen molar-refractivity contribution in [3.8, 4) is 0 Å². The average molecular weight is 382 g/mol. The third-order valence-corrected chi connectivity index (χ3v) is 6.57. The van der Waals surface area contributed by atoms with Crippen LogP contribution in [0.5, 0.6) is 0 Å². The number of unbranched alkanes of at least 4 members (excludes halogenated alkanes) is 9. The Morgan fingerprint density at radius 3 is 1.58 bits per heavy atom. The van der Waals surface area contributed by atoms with Crippen LogP contribution in [-0.4, -0.2) is 29.2 Å². The van der Waals surface area contributed by atoms with Gasteiger partial charge in [-0.1, -0.05) is 65.2 Å². The van der Waals surface area contributed by atoms with E-state index < -0.39 is 0 Å². The van der Waals surface area contributed by atoms with Crippen LogP contribution in [-0.2, 0) is 0 Å². The Labute approximate surface area is 136 Å². The number of hydrogen-bond acceptors (Lipinski definition) is 0. The lowest BCUT2D eigenvalue weighted by Gasteiger charge is -2.34. The number of hydrogen-bond donors (Lipinski definition) is 0. The van der Waals surface area contributed by atoms with Crippen molar-refractivity contribution in [3.05, 3.63) is 0 Å². The van der Waals surface area contributed by atoms with Gasteiger partial charge >= 0.3 is 0 Å². The highest BCUT2D eigenvalue weighted by Gasteiger charge is 2.22. The lowest BCUT2D eigenvalue weighted by molar-refractivity contribution is -0.896. The Balaban J connectivity index is 3.31. The average Bonchev–Trinajstić information content (AvgIpc) is 2.39. The minimum Gasteiger partial charge on any atom is -0.318 e. The predicted molar refractivity (Wildman–Crippen MR) is 96.9 cm³/mol. The van der Waals surface area contributed by atoms with Crippen LogP contribution in [0.15, 0.2) is 0 Å². The van der Waals surface area contributed by atoms with E-state index in [1.165, 1.54) is 81.7 Å². The van der Waals surface area contributed by atoms with Crippen molar-refractivity contribution in [3.63, 3.8) is 0 Å². The van der Waals surface area contributed by atoms with Crippen molar-refractivity contribution in [2.75, 3.05) is 20.6 Å². The van der Waals surface area contributed by atoms with Crippen LogP contribution in [0.3, 0.4) is 0 Å². The van der Waals surface area contributed by atoms with E-state index in [2.05, 4.69) is 50.5 Å². The SMILES string of the molecule is CCCCCCCCCCCC[N+](C)(C)C(I)CC. The first-order valence-corrected chi connectivity index (χ1v) is 9.76. The molecule has 1 nitrogen and oxygen atoms in total. The third kappa shape index (κ3) is 11.1. The van der Waals surface area contributed by atoms with Crippen LogP contribution in [0, 0.1) is 0 Å². The molecule has 0 heterocycles. The summed E-state index contributed by atoms with van der Waals surface area (Å²) in [6.45, 7) is 5.94. The first-order chi connectivity index (χ1) is 9.04. The zero-order valence-corrected chi connectivity index (χ0v) is 16.0. The molecule has 0 bridgehead atoms. The van der Waals surface area contributed by atoms with E-state index in [0.29, 0.717) is 0 Å². The van der Waals surface area contributed by atoms with E-state index in [0.717, 1.165) is 4.05 Å². The smallest absolute Gasteiger partial charge is 0.139 e. The van der Waals surface area contributed by atoms with E-state index in [4.69, 9.17) is 0 Å². The van der Waals surface area contributed by atoms with Crippen molar-refractivity contribution in [1.29, 1.82) is 0 Å². The van der Waals surface area contributed by atoms with Gasteiger partial charge in [-0.2, -0.15) is 0 Å². The summed E-state index contributed by atoms with van der Waals surface area (Å²) in [4.78, 5) is 0. The van der Waals surface area contributed by atoms with Crippen LogP contribution >= 0.6 is 22.6 Å². The molecule has 0 saturated heterocycles. The minimum atomic E-state index is 0.774. The maximum Gasteiger partial charge on any atom is 0.139 e. The van der Waals surface area contributed by atoms with Crippen LogP contribution in [0.2, 0.25) is 0 Å². The summed E-state index contributed by atoms with van der Waals surface area (Å²) in [5, 5.41) is 0. The van der Waals surface area contributed by atoms with Crippen molar-refractivity contribution in [2.24, 2.45) is 0 Å². The monoisotopic (exact) mass is 382 g/mol. The number of rotatable bonds is 13. The molecule has 0 N–H and O–H groups in total. The molecule has 0 spiro atoms. The number of halogens is 1. The fourth-order valence-corrected chi connectivity index (χ4v) is 2.92. The lowest BCUT2D eigenvalue weighted by Crippen LogP contribution is -2.45. The lowest BCUT2D eigenvalue weighted by atomic mass is 10.1. The molecule has 116 valence electrons. The standard InChI is InChI=1S/C17H37IN/c1-5-7-8-9-10-11-12-13-14-15-16-19(3,4)17(18)6-2/h17H,5-16H2,1-4H3/q+1. The first kappa shape index (κ1) is 19.7. The van der Waals surface area contributed by atoms with Gasteiger partial charge in [-0.05, 0) is 35.4 Å². The van der Waals surface area contributed by atoms with E-state index in [9.17, 15) is 0 Å². The van der Waals surface area contributed by atoms with Gasteiger partial charge in [0.1, 0.15) is 4.05 Å². The van der Waals surface area contributed by atoms with Gasteiger partial charge in [-0.25, -0.2) is 0 Å². The van der Waals surface area contributed by atoms with E-state index >= 15 is 0 Å². The molecule has 2 heteroatoms. The quantitative estimate of drug-likeness (QED) is 0.118. The summed E-state index contributed by atoms with van der Waals surface area (Å²) in [5.41, 5.74) is 0. The molecule has 0 aromatic rings. The summed E-state index contributed by atoms with van der Waals surface area (Å²) < 4.78 is 1.96. The molecule has 0 aliphatic carbocycles. The fourth-order valence-electron chi connectivity index (χ4n) is 2.64. The molecule has 0 radical (unpaired) electrons. The number of nitrogens with zero attached hydrogens (tertiary/aromatic N) is 1. The molecule has 0 amide bonds. The van der Waals surface area contributed by atoms with E-state index in [-0.39, 0.29) is 0 Å². The Morgan fingerprint density at radius 1 is 0.737 bits per heavy atom. The Bertz CT molecular complexity index is 192. The molecule has 0 aliphatic heterocycles. The summed E-state index contributed by atoms with van der Waals surface area (Å²) in [6.07, 6.45) is 15.7. The van der Waals surface area contributed by atoms with Gasteiger partial charge in [0.2, 0.25) is 0 Å². The molecule has 0 aromatic heterocycles. The molecule has 0 saturated carbocycles. The fraction of sp³-hybridized carbons (Fsp3) is 1.00. The molecular formula is C17H37IN+. The zero-order valence-electron chi connectivity index (χ0n) is 13.9. The predicted octanol–water partition coefficient (Wildman–Crippen LogP) is 6.15. The summed E-state index contributed by atoms with van der Waals surface area (Å²) in [6, 6.07) is 0. The number of quaternary nitrogens is 1. The largest absolute Gasteiger partial charge is 0.318 e. The summed E-state index contributed by atoms with van der Waals surface area (Å²) in [7, 11) is 4.77. The second-order valence-corrected chi connectivity index (χ2v) is 7.96. The molecule has 0 rings (SSSR count). The Morgan fingerprint density at radius 2 is 1.16 bits per heavy atom. The molecule has 0 aliphatic rings. The van der Waals surface area contributed by atoms with Crippen molar-refractivity contribution >= 4 is 22.6 Å². The van der Waals surface area contributed by atoms with Crippen molar-refractivity contribution in [1.82, 2.24) is 0 Å². The molecule has 0 aromatic carbocycles. The van der Waals surface area contributed by atoms with Crippen LogP contribution in [0.4, 0.5) is 0 Å². The van der Waals surface area contributed by atoms with Gasteiger partial charge in [0.25, 0.3) is 0 Å². The molecule has 1 unspecified atom stereocenters. The third-order valence-electron chi connectivity index (χ3n) is 4.18. The van der Waals surface area contributed by atoms with Gasteiger partial charge in [-0.3, -0.25) is 0 Å². The topological polar surface area (TPSA) is 0 Å². The Hall–Kier alpha value is 0.690. The maximum atomic E-state index is 2.61. The zero-order chi connectivity index (χ0) is 14.6. The number of alkyl halides is 1. The van der Waals surface area contributed by atoms with Gasteiger partial charge in [0.05, 0.1) is 20.6 Å². The van der Waals surface area contributed by atoms with Crippen LogP contribution in [0.25, 0.3) is 0 Å². The van der Waals surface area contributed by atoms with Crippen molar-refractivity contribution < 1.29 is 4.48 Å². The molecular weight excluding hydrogens is 345 g/mol. The second kappa shape index (κ2) is 12.4. The second-order valence-electron chi connectivity index (χ2n) is 6.53. The summed E-state index contributed by atoms with van der Waals surface area (Å²) in [5.74, 6) is 0. The molecule has 1 atom stereocenters. The minimum absolute atomic E-state index is 0.774. The maximum absolute atomic E-state index is 2.61. The van der Waals surface area contributed by atoms with E-state index in [1.807, 2.05) is 0 Å². The first-order valence-electron chi connectivity index (χ1n) is 8.51. The van der Waals surface area contributed by atoms with Gasteiger partial charge in [0.15, 0.2) is 0 Å². The van der Waals surface area contributed by atoms with Crippen molar-refractivity contribution in [2.45, 2.75) is 88.5 Å². The van der Waals surface area contributed by atoms with E-state index in [1.54, 1.807) is 0 Å².